The Kier molecular flexibility index (Phi) is 3.40. The molecule has 0 aliphatic heterocycles. The minimum absolute atomic E-state index is 0.0878. The van der Waals surface area contributed by atoms with Crippen LogP contribution in [0.15, 0.2) is 71.7 Å². The quantitative estimate of drug-likeness (QED) is 0.696. The first kappa shape index (κ1) is 13.3. The van der Waals surface area contributed by atoms with Crippen LogP contribution in [0, 0.1) is 12.7 Å². The van der Waals surface area contributed by atoms with Gasteiger partial charge in [-0.1, -0.05) is 30.3 Å². The maximum Gasteiger partial charge on any atom is 0.255 e. The molecule has 0 fully saturated rings. The van der Waals surface area contributed by atoms with Crippen LogP contribution < -0.4 is 5.56 Å². The Morgan fingerprint density at radius 1 is 0.857 bits per heavy atom. The van der Waals surface area contributed by atoms with Gasteiger partial charge in [-0.25, -0.2) is 4.39 Å². The standard InChI is InChI=1S/C18H14FNO/c1-13-4-2-3-5-17(13)20-12-15(8-11-18(20)21)14-6-9-16(19)10-7-14/h2-12H,1H3. The van der Waals surface area contributed by atoms with Gasteiger partial charge in [-0.3, -0.25) is 9.36 Å². The third-order valence-electron chi connectivity index (χ3n) is 3.46. The predicted molar refractivity (Wildman–Crippen MR) is 82.2 cm³/mol. The zero-order valence-electron chi connectivity index (χ0n) is 11.6. The van der Waals surface area contributed by atoms with Gasteiger partial charge in [0.05, 0.1) is 5.69 Å². The van der Waals surface area contributed by atoms with Crippen LogP contribution in [0.5, 0.6) is 0 Å². The molecule has 1 heterocycles. The van der Waals surface area contributed by atoms with E-state index in [1.807, 2.05) is 31.2 Å². The van der Waals surface area contributed by atoms with Crippen LogP contribution in [0.25, 0.3) is 16.8 Å². The number of aromatic nitrogens is 1. The smallest absolute Gasteiger partial charge is 0.255 e. The van der Waals surface area contributed by atoms with E-state index in [9.17, 15) is 9.18 Å². The van der Waals surface area contributed by atoms with Crippen molar-refractivity contribution in [3.63, 3.8) is 0 Å². The third kappa shape index (κ3) is 2.63. The van der Waals surface area contributed by atoms with E-state index in [0.29, 0.717) is 0 Å². The van der Waals surface area contributed by atoms with Gasteiger partial charge in [-0.2, -0.15) is 0 Å². The van der Waals surface area contributed by atoms with Crippen molar-refractivity contribution in [3.05, 3.63) is 88.6 Å². The fourth-order valence-corrected chi connectivity index (χ4v) is 2.32. The van der Waals surface area contributed by atoms with Crippen LogP contribution in [-0.4, -0.2) is 4.57 Å². The van der Waals surface area contributed by atoms with E-state index in [0.717, 1.165) is 22.4 Å². The fraction of sp³-hybridized carbons (Fsp3) is 0.0556. The van der Waals surface area contributed by atoms with Crippen molar-refractivity contribution in [3.8, 4) is 16.8 Å². The molecule has 1 aromatic heterocycles. The van der Waals surface area contributed by atoms with Crippen LogP contribution in [0.1, 0.15) is 5.56 Å². The Morgan fingerprint density at radius 3 is 2.24 bits per heavy atom. The average Bonchev–Trinajstić information content (AvgIpc) is 2.50. The lowest BCUT2D eigenvalue weighted by Crippen LogP contribution is -2.17. The van der Waals surface area contributed by atoms with Crippen molar-refractivity contribution in [1.29, 1.82) is 0 Å². The molecule has 104 valence electrons. The van der Waals surface area contributed by atoms with Gasteiger partial charge in [0.15, 0.2) is 0 Å². The normalized spacial score (nSPS) is 10.6. The molecule has 0 spiro atoms. The van der Waals surface area contributed by atoms with E-state index in [1.165, 1.54) is 18.2 Å². The topological polar surface area (TPSA) is 22.0 Å². The molecule has 0 aliphatic carbocycles. The highest BCUT2D eigenvalue weighted by molar-refractivity contribution is 5.63. The van der Waals surface area contributed by atoms with E-state index in [2.05, 4.69) is 0 Å². The summed E-state index contributed by atoms with van der Waals surface area (Å²) in [5, 5.41) is 0. The van der Waals surface area contributed by atoms with Gasteiger partial charge < -0.3 is 0 Å². The molecule has 0 bridgehead atoms. The summed E-state index contributed by atoms with van der Waals surface area (Å²) in [5.41, 5.74) is 3.54. The van der Waals surface area contributed by atoms with Crippen molar-refractivity contribution in [2.45, 2.75) is 6.92 Å². The van der Waals surface area contributed by atoms with Gasteiger partial charge in [0.25, 0.3) is 5.56 Å². The molecule has 0 saturated heterocycles. The van der Waals surface area contributed by atoms with E-state index in [4.69, 9.17) is 0 Å². The van der Waals surface area contributed by atoms with Crippen LogP contribution in [0.2, 0.25) is 0 Å². The van der Waals surface area contributed by atoms with Crippen LogP contribution in [0.4, 0.5) is 4.39 Å². The van der Waals surface area contributed by atoms with E-state index in [-0.39, 0.29) is 11.4 Å². The molecule has 0 amide bonds. The second-order valence-electron chi connectivity index (χ2n) is 4.92. The molecular weight excluding hydrogens is 265 g/mol. The number of pyridine rings is 1. The predicted octanol–water partition coefficient (Wildman–Crippen LogP) is 3.95. The summed E-state index contributed by atoms with van der Waals surface area (Å²) >= 11 is 0. The van der Waals surface area contributed by atoms with Crippen LogP contribution in [0.3, 0.4) is 0 Å². The van der Waals surface area contributed by atoms with Crippen molar-refractivity contribution in [1.82, 2.24) is 4.57 Å². The maximum atomic E-state index is 13.0. The molecule has 3 rings (SSSR count). The zero-order valence-corrected chi connectivity index (χ0v) is 11.6. The third-order valence-corrected chi connectivity index (χ3v) is 3.46. The molecule has 3 aromatic rings. The average molecular weight is 279 g/mol. The second-order valence-corrected chi connectivity index (χ2v) is 4.92. The molecule has 0 aliphatic rings. The van der Waals surface area contributed by atoms with Gasteiger partial charge in [-0.05, 0) is 47.9 Å². The molecule has 0 radical (unpaired) electrons. The Bertz CT molecular complexity index is 834. The lowest BCUT2D eigenvalue weighted by molar-refractivity contribution is 0.628. The molecule has 2 nitrogen and oxygen atoms in total. The summed E-state index contributed by atoms with van der Waals surface area (Å²) in [6.07, 6.45) is 1.79. The number of benzene rings is 2. The molecular formula is C18H14FNO. The highest BCUT2D eigenvalue weighted by atomic mass is 19.1. The van der Waals surface area contributed by atoms with Gasteiger partial charge >= 0.3 is 0 Å². The molecule has 0 unspecified atom stereocenters. The van der Waals surface area contributed by atoms with Gasteiger partial charge in [-0.15, -0.1) is 0 Å². The molecule has 3 heteroatoms. The van der Waals surface area contributed by atoms with Crippen molar-refractivity contribution in [2.24, 2.45) is 0 Å². The number of para-hydroxylation sites is 1. The highest BCUT2D eigenvalue weighted by Crippen LogP contribution is 2.20. The molecule has 2 aromatic carbocycles. The lowest BCUT2D eigenvalue weighted by atomic mass is 10.1. The van der Waals surface area contributed by atoms with Crippen molar-refractivity contribution < 1.29 is 4.39 Å². The van der Waals surface area contributed by atoms with Crippen LogP contribution in [-0.2, 0) is 0 Å². The van der Waals surface area contributed by atoms with E-state index in [1.54, 1.807) is 29.0 Å². The number of rotatable bonds is 2. The minimum Gasteiger partial charge on any atom is -0.283 e. The fourth-order valence-electron chi connectivity index (χ4n) is 2.32. The van der Waals surface area contributed by atoms with E-state index < -0.39 is 0 Å². The summed E-state index contributed by atoms with van der Waals surface area (Å²) in [4.78, 5) is 12.1. The summed E-state index contributed by atoms with van der Waals surface area (Å²) in [7, 11) is 0. The number of hydrogen-bond donors (Lipinski definition) is 0. The largest absolute Gasteiger partial charge is 0.283 e. The molecule has 21 heavy (non-hydrogen) atoms. The zero-order chi connectivity index (χ0) is 14.8. The Labute approximate surface area is 122 Å². The summed E-state index contributed by atoms with van der Waals surface area (Å²) in [6, 6.07) is 17.2. The highest BCUT2D eigenvalue weighted by Gasteiger charge is 2.05. The summed E-state index contributed by atoms with van der Waals surface area (Å²) in [5.74, 6) is -0.272. The first-order valence-corrected chi connectivity index (χ1v) is 6.70. The maximum absolute atomic E-state index is 13.0. The molecule has 0 atom stereocenters. The first-order valence-electron chi connectivity index (χ1n) is 6.70. The lowest BCUT2D eigenvalue weighted by Gasteiger charge is -2.11. The number of hydrogen-bond acceptors (Lipinski definition) is 1. The minimum atomic E-state index is -0.272. The monoisotopic (exact) mass is 279 g/mol. The number of halogens is 1. The number of nitrogens with zero attached hydrogens (tertiary/aromatic N) is 1. The Morgan fingerprint density at radius 2 is 1.52 bits per heavy atom. The van der Waals surface area contributed by atoms with E-state index >= 15 is 0 Å². The number of aryl methyl sites for hydroxylation is 1. The first-order chi connectivity index (χ1) is 10.1. The van der Waals surface area contributed by atoms with Crippen molar-refractivity contribution in [2.75, 3.05) is 0 Å². The molecule has 0 saturated carbocycles. The summed E-state index contributed by atoms with van der Waals surface area (Å²) < 4.78 is 14.6. The Balaban J connectivity index is 2.15. The van der Waals surface area contributed by atoms with Gasteiger partial charge in [0.1, 0.15) is 5.82 Å². The molecule has 0 N–H and O–H groups in total. The van der Waals surface area contributed by atoms with Crippen LogP contribution >= 0.6 is 0 Å². The van der Waals surface area contributed by atoms with Gasteiger partial charge in [0.2, 0.25) is 0 Å². The van der Waals surface area contributed by atoms with Gasteiger partial charge in [0, 0.05) is 12.3 Å². The Hall–Kier alpha value is -2.68. The SMILES string of the molecule is Cc1ccccc1-n1cc(-c2ccc(F)cc2)ccc1=O. The summed E-state index contributed by atoms with van der Waals surface area (Å²) in [6.45, 7) is 1.96. The van der Waals surface area contributed by atoms with Crippen molar-refractivity contribution >= 4 is 0 Å². The second kappa shape index (κ2) is 5.37.